The molecule has 20 heavy (non-hydrogen) atoms. The van der Waals surface area contributed by atoms with Gasteiger partial charge in [0, 0.05) is 19.5 Å². The topological polar surface area (TPSA) is 55.6 Å². The number of nitrogens with zero attached hydrogens (tertiary/aromatic N) is 1. The molecule has 0 saturated carbocycles. The van der Waals surface area contributed by atoms with E-state index in [9.17, 15) is 4.79 Å². The Morgan fingerprint density at radius 3 is 2.45 bits per heavy atom. The van der Waals surface area contributed by atoms with E-state index in [0.29, 0.717) is 19.6 Å². The molecule has 4 heteroatoms. The van der Waals surface area contributed by atoms with Crippen molar-refractivity contribution in [3.8, 4) is 5.75 Å². The van der Waals surface area contributed by atoms with Gasteiger partial charge in [0.05, 0.1) is 6.54 Å². The summed E-state index contributed by atoms with van der Waals surface area (Å²) in [5.74, 6) is 0.977. The molecule has 0 aliphatic carbocycles. The predicted octanol–water partition coefficient (Wildman–Crippen LogP) is 2.27. The monoisotopic (exact) mass is 278 g/mol. The summed E-state index contributed by atoms with van der Waals surface area (Å²) in [4.78, 5) is 13.5. The maximum atomic E-state index is 11.8. The number of hydrogen-bond donors (Lipinski definition) is 1. The Kier molecular flexibility index (Phi) is 6.52. The van der Waals surface area contributed by atoms with Gasteiger partial charge in [0.2, 0.25) is 5.91 Å². The zero-order valence-corrected chi connectivity index (χ0v) is 13.0. The minimum atomic E-state index is 0.0684. The molecule has 1 rings (SSSR count). The number of benzene rings is 1. The lowest BCUT2D eigenvalue weighted by Gasteiger charge is -2.18. The molecule has 0 radical (unpaired) electrons. The Balaban J connectivity index is 2.34. The van der Waals surface area contributed by atoms with E-state index in [0.717, 1.165) is 12.2 Å². The number of ether oxygens (including phenoxy) is 1. The molecule has 1 amide bonds. The summed E-state index contributed by atoms with van der Waals surface area (Å²) in [6, 6.07) is 6.19. The molecule has 0 aliphatic heterocycles. The average Bonchev–Trinajstić information content (AvgIpc) is 2.34. The number of aryl methyl sites for hydroxylation is 2. The van der Waals surface area contributed by atoms with Gasteiger partial charge in [-0.05, 0) is 50.5 Å². The molecule has 0 fully saturated rings. The van der Waals surface area contributed by atoms with Gasteiger partial charge in [-0.3, -0.25) is 4.79 Å². The van der Waals surface area contributed by atoms with E-state index in [4.69, 9.17) is 10.5 Å². The summed E-state index contributed by atoms with van der Waals surface area (Å²) in [6.45, 7) is 7.09. The number of carbonyl (C=O) groups is 1. The van der Waals surface area contributed by atoms with Crippen LogP contribution in [0.3, 0.4) is 0 Å². The molecule has 1 aromatic carbocycles. The second kappa shape index (κ2) is 7.90. The van der Waals surface area contributed by atoms with Gasteiger partial charge >= 0.3 is 0 Å². The zero-order chi connectivity index (χ0) is 15.1. The Morgan fingerprint density at radius 1 is 1.30 bits per heavy atom. The van der Waals surface area contributed by atoms with Crippen molar-refractivity contribution in [3.63, 3.8) is 0 Å². The lowest BCUT2D eigenvalue weighted by Crippen LogP contribution is -2.31. The van der Waals surface area contributed by atoms with Crippen LogP contribution < -0.4 is 10.5 Å². The first-order valence-electron chi connectivity index (χ1n) is 7.09. The van der Waals surface area contributed by atoms with Crippen LogP contribution >= 0.6 is 0 Å². The minimum Gasteiger partial charge on any atom is -0.492 e. The highest BCUT2D eigenvalue weighted by molar-refractivity contribution is 5.75. The molecule has 1 atom stereocenters. The third kappa shape index (κ3) is 6.06. The predicted molar refractivity (Wildman–Crippen MR) is 81.9 cm³/mol. The van der Waals surface area contributed by atoms with Crippen LogP contribution in [0.15, 0.2) is 18.2 Å². The van der Waals surface area contributed by atoms with Crippen LogP contribution in [0.4, 0.5) is 0 Å². The summed E-state index contributed by atoms with van der Waals surface area (Å²) in [5.41, 5.74) is 8.01. The summed E-state index contributed by atoms with van der Waals surface area (Å²) in [7, 11) is 1.80. The molecule has 2 N–H and O–H groups in total. The van der Waals surface area contributed by atoms with Crippen molar-refractivity contribution in [2.24, 2.45) is 5.73 Å². The largest absolute Gasteiger partial charge is 0.492 e. The van der Waals surface area contributed by atoms with E-state index in [1.54, 1.807) is 11.9 Å². The molecule has 0 spiro atoms. The van der Waals surface area contributed by atoms with Crippen LogP contribution in [-0.4, -0.2) is 37.0 Å². The zero-order valence-electron chi connectivity index (χ0n) is 13.0. The molecule has 1 aromatic rings. The number of likely N-dealkylation sites (N-methyl/N-ethyl adjacent to an activating group) is 1. The van der Waals surface area contributed by atoms with Crippen LogP contribution in [0.1, 0.15) is 30.9 Å². The second-order valence-electron chi connectivity index (χ2n) is 5.50. The fourth-order valence-electron chi connectivity index (χ4n) is 1.98. The van der Waals surface area contributed by atoms with Gasteiger partial charge in [0.15, 0.2) is 0 Å². The van der Waals surface area contributed by atoms with E-state index in [1.807, 2.05) is 32.9 Å². The highest BCUT2D eigenvalue weighted by Crippen LogP contribution is 2.16. The van der Waals surface area contributed by atoms with Crippen molar-refractivity contribution in [2.75, 3.05) is 20.2 Å². The van der Waals surface area contributed by atoms with Gasteiger partial charge < -0.3 is 15.4 Å². The summed E-state index contributed by atoms with van der Waals surface area (Å²) >= 11 is 0. The normalized spacial score (nSPS) is 12.1. The first-order valence-corrected chi connectivity index (χ1v) is 7.09. The second-order valence-corrected chi connectivity index (χ2v) is 5.50. The minimum absolute atomic E-state index is 0.0684. The van der Waals surface area contributed by atoms with Crippen molar-refractivity contribution >= 4 is 5.91 Å². The molecule has 112 valence electrons. The van der Waals surface area contributed by atoms with E-state index in [-0.39, 0.29) is 11.9 Å². The van der Waals surface area contributed by atoms with Gasteiger partial charge in [-0.1, -0.05) is 6.07 Å². The van der Waals surface area contributed by atoms with E-state index >= 15 is 0 Å². The third-order valence-electron chi connectivity index (χ3n) is 3.13. The lowest BCUT2D eigenvalue weighted by atomic mass is 10.1. The van der Waals surface area contributed by atoms with Crippen molar-refractivity contribution in [3.05, 3.63) is 29.3 Å². The maximum Gasteiger partial charge on any atom is 0.222 e. The smallest absolute Gasteiger partial charge is 0.222 e. The highest BCUT2D eigenvalue weighted by Gasteiger charge is 2.09. The van der Waals surface area contributed by atoms with Gasteiger partial charge in [-0.15, -0.1) is 0 Å². The van der Waals surface area contributed by atoms with Crippen LogP contribution in [-0.2, 0) is 4.79 Å². The summed E-state index contributed by atoms with van der Waals surface area (Å²) in [5, 5.41) is 0. The van der Waals surface area contributed by atoms with Gasteiger partial charge in [-0.25, -0.2) is 0 Å². The first-order chi connectivity index (χ1) is 9.38. The SMILES string of the molecule is Cc1cc(C)cc(OCCN(C)C(=O)CCC(C)N)c1. The molecule has 0 aromatic heterocycles. The van der Waals surface area contributed by atoms with Gasteiger partial charge in [0.1, 0.15) is 12.4 Å². The Labute approximate surface area is 121 Å². The van der Waals surface area contributed by atoms with E-state index in [1.165, 1.54) is 11.1 Å². The van der Waals surface area contributed by atoms with Gasteiger partial charge in [0.25, 0.3) is 0 Å². The molecular formula is C16H26N2O2. The summed E-state index contributed by atoms with van der Waals surface area (Å²) < 4.78 is 5.70. The number of amides is 1. The molecule has 4 nitrogen and oxygen atoms in total. The van der Waals surface area contributed by atoms with Crippen molar-refractivity contribution in [1.29, 1.82) is 0 Å². The highest BCUT2D eigenvalue weighted by atomic mass is 16.5. The quantitative estimate of drug-likeness (QED) is 0.832. The third-order valence-corrected chi connectivity index (χ3v) is 3.13. The van der Waals surface area contributed by atoms with Crippen LogP contribution in [0.2, 0.25) is 0 Å². The standard InChI is InChI=1S/C16H26N2O2/c1-12-9-13(2)11-15(10-12)20-8-7-18(4)16(19)6-5-14(3)17/h9-11,14H,5-8,17H2,1-4H3. The molecule has 0 heterocycles. The molecule has 0 bridgehead atoms. The first kappa shape index (κ1) is 16.5. The van der Waals surface area contributed by atoms with Gasteiger partial charge in [-0.2, -0.15) is 0 Å². The fourth-order valence-corrected chi connectivity index (χ4v) is 1.98. The van der Waals surface area contributed by atoms with E-state index in [2.05, 4.69) is 6.07 Å². The lowest BCUT2D eigenvalue weighted by molar-refractivity contribution is -0.130. The number of nitrogens with two attached hydrogens (primary N) is 1. The van der Waals surface area contributed by atoms with E-state index < -0.39 is 0 Å². The molecule has 0 saturated heterocycles. The Morgan fingerprint density at radius 2 is 1.90 bits per heavy atom. The Hall–Kier alpha value is -1.55. The van der Waals surface area contributed by atoms with Crippen LogP contribution in [0, 0.1) is 13.8 Å². The van der Waals surface area contributed by atoms with Crippen molar-refractivity contribution < 1.29 is 9.53 Å². The molecule has 0 aliphatic rings. The Bertz CT molecular complexity index is 424. The molecular weight excluding hydrogens is 252 g/mol. The number of rotatable bonds is 7. The average molecular weight is 278 g/mol. The summed E-state index contributed by atoms with van der Waals surface area (Å²) in [6.07, 6.45) is 1.22. The van der Waals surface area contributed by atoms with Crippen LogP contribution in [0.25, 0.3) is 0 Å². The molecule has 1 unspecified atom stereocenters. The van der Waals surface area contributed by atoms with Crippen molar-refractivity contribution in [1.82, 2.24) is 4.90 Å². The van der Waals surface area contributed by atoms with Crippen LogP contribution in [0.5, 0.6) is 5.75 Å². The number of hydrogen-bond acceptors (Lipinski definition) is 3. The fraction of sp³-hybridized carbons (Fsp3) is 0.562. The maximum absolute atomic E-state index is 11.8. The number of carbonyl (C=O) groups excluding carboxylic acids is 1. The van der Waals surface area contributed by atoms with Crippen molar-refractivity contribution in [2.45, 2.75) is 39.7 Å².